The summed E-state index contributed by atoms with van der Waals surface area (Å²) in [7, 11) is 1.33. The lowest BCUT2D eigenvalue weighted by atomic mass is 10.2. The van der Waals surface area contributed by atoms with Gasteiger partial charge in [-0.25, -0.2) is 9.78 Å². The first-order valence-electron chi connectivity index (χ1n) is 4.51. The zero-order chi connectivity index (χ0) is 10.8. The van der Waals surface area contributed by atoms with Crippen molar-refractivity contribution in [1.82, 2.24) is 4.98 Å². The molecule has 1 aromatic rings. The number of ether oxygens (including phenoxy) is 1. The van der Waals surface area contributed by atoms with E-state index >= 15 is 0 Å². The number of Topliss-reactive ketones (excluding diaryl/α,β-unsaturated/α-hetero) is 1. The van der Waals surface area contributed by atoms with Crippen LogP contribution in [0.1, 0.15) is 10.4 Å². The molecule has 0 unspecified atom stereocenters. The van der Waals surface area contributed by atoms with Gasteiger partial charge < -0.3 is 9.64 Å². The number of anilines is 1. The van der Waals surface area contributed by atoms with Gasteiger partial charge in [-0.2, -0.15) is 0 Å². The van der Waals surface area contributed by atoms with Crippen LogP contribution in [0.15, 0.2) is 18.3 Å². The van der Waals surface area contributed by atoms with E-state index in [9.17, 15) is 9.59 Å². The number of rotatable bonds is 2. The molecule has 78 valence electrons. The Labute approximate surface area is 86.7 Å². The van der Waals surface area contributed by atoms with Gasteiger partial charge in [0.1, 0.15) is 5.82 Å². The molecule has 0 aromatic carbocycles. The van der Waals surface area contributed by atoms with Crippen LogP contribution in [-0.4, -0.2) is 36.9 Å². The number of ketones is 1. The van der Waals surface area contributed by atoms with Crippen molar-refractivity contribution < 1.29 is 14.3 Å². The fraction of sp³-hybridized carbons (Fsp3) is 0.300. The van der Waals surface area contributed by atoms with E-state index in [-0.39, 0.29) is 5.78 Å². The molecule has 1 aromatic heterocycles. The molecule has 1 aliphatic rings. The molecular weight excluding hydrogens is 196 g/mol. The monoisotopic (exact) mass is 206 g/mol. The number of aromatic nitrogens is 1. The minimum atomic E-state index is -0.398. The second-order valence-corrected chi connectivity index (χ2v) is 3.29. The predicted octanol–water partition coefficient (Wildman–Crippen LogP) is 0.257. The first-order chi connectivity index (χ1) is 7.20. The minimum absolute atomic E-state index is 0.181. The van der Waals surface area contributed by atoms with Crippen molar-refractivity contribution >= 4 is 17.6 Å². The molecule has 5 heteroatoms. The van der Waals surface area contributed by atoms with Crippen molar-refractivity contribution in [2.45, 2.75) is 0 Å². The van der Waals surface area contributed by atoms with Gasteiger partial charge in [0.25, 0.3) is 0 Å². The Morgan fingerprint density at radius 1 is 1.53 bits per heavy atom. The van der Waals surface area contributed by atoms with Crippen LogP contribution in [0.2, 0.25) is 0 Å². The Hall–Kier alpha value is -1.91. The molecule has 2 rings (SSSR count). The molecule has 0 spiro atoms. The summed E-state index contributed by atoms with van der Waals surface area (Å²) in [5, 5.41) is 0. The van der Waals surface area contributed by atoms with Crippen LogP contribution in [0.4, 0.5) is 5.82 Å². The van der Waals surface area contributed by atoms with Crippen molar-refractivity contribution in [1.29, 1.82) is 0 Å². The molecule has 0 atom stereocenters. The normalized spacial score (nSPS) is 14.7. The highest BCUT2D eigenvalue weighted by Crippen LogP contribution is 2.17. The maximum atomic E-state index is 11.2. The summed E-state index contributed by atoms with van der Waals surface area (Å²) < 4.78 is 4.59. The van der Waals surface area contributed by atoms with Crippen LogP contribution in [0.3, 0.4) is 0 Å². The van der Waals surface area contributed by atoms with Crippen molar-refractivity contribution in [2.24, 2.45) is 0 Å². The van der Waals surface area contributed by atoms with Gasteiger partial charge in [-0.1, -0.05) is 0 Å². The number of nitrogens with zero attached hydrogens (tertiary/aromatic N) is 2. The molecule has 1 aliphatic heterocycles. The Morgan fingerprint density at radius 2 is 2.27 bits per heavy atom. The summed E-state index contributed by atoms with van der Waals surface area (Å²) in [5.74, 6) is 0.420. The van der Waals surface area contributed by atoms with E-state index in [1.807, 2.05) is 0 Å². The Balaban J connectivity index is 2.19. The maximum absolute atomic E-state index is 11.2. The van der Waals surface area contributed by atoms with Crippen LogP contribution in [0.25, 0.3) is 0 Å². The molecular formula is C10H10N2O3. The van der Waals surface area contributed by atoms with E-state index in [1.54, 1.807) is 17.0 Å². The van der Waals surface area contributed by atoms with E-state index in [2.05, 4.69) is 9.72 Å². The predicted molar refractivity (Wildman–Crippen MR) is 52.8 cm³/mol. The number of methoxy groups -OCH3 is 1. The molecule has 2 heterocycles. The molecule has 5 nitrogen and oxygen atoms in total. The number of pyridine rings is 1. The zero-order valence-electron chi connectivity index (χ0n) is 8.27. The highest BCUT2D eigenvalue weighted by atomic mass is 16.5. The molecule has 0 bridgehead atoms. The van der Waals surface area contributed by atoms with Crippen molar-refractivity contribution in [3.8, 4) is 0 Å². The van der Waals surface area contributed by atoms with E-state index in [4.69, 9.17) is 0 Å². The van der Waals surface area contributed by atoms with Gasteiger partial charge in [0.15, 0.2) is 5.78 Å². The fourth-order valence-electron chi connectivity index (χ4n) is 1.38. The highest BCUT2D eigenvalue weighted by molar-refractivity contribution is 5.96. The Kier molecular flexibility index (Phi) is 2.37. The van der Waals surface area contributed by atoms with Gasteiger partial charge in [0.05, 0.1) is 25.8 Å². The summed E-state index contributed by atoms with van der Waals surface area (Å²) in [5.41, 5.74) is 0.446. The van der Waals surface area contributed by atoms with Gasteiger partial charge in [-0.05, 0) is 12.1 Å². The minimum Gasteiger partial charge on any atom is -0.465 e. The van der Waals surface area contributed by atoms with Crippen LogP contribution >= 0.6 is 0 Å². The van der Waals surface area contributed by atoms with Crippen LogP contribution < -0.4 is 4.90 Å². The van der Waals surface area contributed by atoms with E-state index in [0.29, 0.717) is 24.5 Å². The average molecular weight is 206 g/mol. The number of carbonyl (C=O) groups excluding carboxylic acids is 2. The number of carbonyl (C=O) groups is 2. The summed E-state index contributed by atoms with van der Waals surface area (Å²) in [6, 6.07) is 3.20. The molecule has 1 fully saturated rings. The van der Waals surface area contributed by atoms with Gasteiger partial charge in [-0.3, -0.25) is 4.79 Å². The molecule has 0 radical (unpaired) electrons. The third-order valence-corrected chi connectivity index (χ3v) is 2.23. The zero-order valence-corrected chi connectivity index (χ0v) is 8.27. The molecule has 0 amide bonds. The van der Waals surface area contributed by atoms with Crippen LogP contribution in [0, 0.1) is 0 Å². The maximum Gasteiger partial charge on any atom is 0.338 e. The lowest BCUT2D eigenvalue weighted by Crippen LogP contribution is -2.47. The topological polar surface area (TPSA) is 59.5 Å². The first kappa shape index (κ1) is 9.64. The van der Waals surface area contributed by atoms with Gasteiger partial charge in [-0.15, -0.1) is 0 Å². The number of hydrogen-bond acceptors (Lipinski definition) is 5. The molecule has 1 saturated heterocycles. The molecule has 0 saturated carbocycles. The van der Waals surface area contributed by atoms with Crippen molar-refractivity contribution in [3.05, 3.63) is 23.9 Å². The fourth-order valence-corrected chi connectivity index (χ4v) is 1.38. The van der Waals surface area contributed by atoms with Crippen LogP contribution in [-0.2, 0) is 9.53 Å². The summed E-state index contributed by atoms with van der Waals surface area (Å²) in [6.45, 7) is 0.745. The van der Waals surface area contributed by atoms with E-state index < -0.39 is 5.97 Å². The first-order valence-corrected chi connectivity index (χ1v) is 4.51. The summed E-state index contributed by atoms with van der Waals surface area (Å²) in [6.07, 6.45) is 1.53. The van der Waals surface area contributed by atoms with E-state index in [1.165, 1.54) is 13.3 Å². The van der Waals surface area contributed by atoms with E-state index in [0.717, 1.165) is 0 Å². The molecule has 0 aliphatic carbocycles. The lowest BCUT2D eigenvalue weighted by molar-refractivity contribution is -0.119. The Morgan fingerprint density at radius 3 is 2.87 bits per heavy atom. The SMILES string of the molecule is COC(=O)c1ccnc(N2CC(=O)C2)c1. The molecule has 0 N–H and O–H groups in total. The average Bonchev–Trinajstić information content (AvgIpc) is 2.24. The second-order valence-electron chi connectivity index (χ2n) is 3.29. The molecule has 15 heavy (non-hydrogen) atoms. The standard InChI is InChI=1S/C10H10N2O3/c1-15-10(14)7-2-3-11-9(4-7)12-5-8(13)6-12/h2-4H,5-6H2,1H3. The second kappa shape index (κ2) is 3.68. The van der Waals surface area contributed by atoms with Crippen molar-refractivity contribution in [2.75, 3.05) is 25.1 Å². The van der Waals surface area contributed by atoms with Gasteiger partial charge in [0, 0.05) is 6.20 Å². The Bertz CT molecular complexity index is 409. The quantitative estimate of drug-likeness (QED) is 0.649. The largest absolute Gasteiger partial charge is 0.465 e. The van der Waals surface area contributed by atoms with Gasteiger partial charge in [0.2, 0.25) is 0 Å². The van der Waals surface area contributed by atoms with Gasteiger partial charge >= 0.3 is 5.97 Å². The summed E-state index contributed by atoms with van der Waals surface area (Å²) in [4.78, 5) is 27.9. The van der Waals surface area contributed by atoms with Crippen LogP contribution in [0.5, 0.6) is 0 Å². The third-order valence-electron chi connectivity index (χ3n) is 2.23. The smallest absolute Gasteiger partial charge is 0.338 e. The lowest BCUT2D eigenvalue weighted by Gasteiger charge is -2.30. The third kappa shape index (κ3) is 1.81. The van der Waals surface area contributed by atoms with Crippen molar-refractivity contribution in [3.63, 3.8) is 0 Å². The highest BCUT2D eigenvalue weighted by Gasteiger charge is 2.25. The summed E-state index contributed by atoms with van der Waals surface area (Å²) >= 11 is 0. The number of hydrogen-bond donors (Lipinski definition) is 0. The number of esters is 1.